The van der Waals surface area contributed by atoms with E-state index in [-0.39, 0.29) is 0 Å². The van der Waals surface area contributed by atoms with Crippen molar-refractivity contribution < 1.29 is 4.74 Å². The van der Waals surface area contributed by atoms with Gasteiger partial charge in [0.2, 0.25) is 0 Å². The van der Waals surface area contributed by atoms with Crippen LogP contribution in [0.4, 0.5) is 0 Å². The third kappa shape index (κ3) is 5.00. The molecule has 0 bridgehead atoms. The van der Waals surface area contributed by atoms with Crippen LogP contribution in [0.5, 0.6) is 5.75 Å². The van der Waals surface area contributed by atoms with E-state index in [0.29, 0.717) is 0 Å². The van der Waals surface area contributed by atoms with E-state index < -0.39 is 0 Å². The fourth-order valence-corrected chi connectivity index (χ4v) is 2.73. The third-order valence-corrected chi connectivity index (χ3v) is 3.88. The van der Waals surface area contributed by atoms with Crippen molar-refractivity contribution in [3.63, 3.8) is 0 Å². The fraction of sp³-hybridized carbons (Fsp3) is 0.571. The normalized spacial score (nSPS) is 10.8. The Morgan fingerprint density at radius 3 is 2.53 bits per heavy atom. The second-order valence-corrected chi connectivity index (χ2v) is 5.00. The summed E-state index contributed by atoms with van der Waals surface area (Å²) >= 11 is 1.97. The molecule has 0 saturated carbocycles. The topological polar surface area (TPSA) is 12.5 Å². The van der Waals surface area contributed by atoms with Crippen LogP contribution < -0.4 is 4.74 Å². The predicted molar refractivity (Wildman–Crippen MR) is 76.9 cm³/mol. The van der Waals surface area contributed by atoms with Gasteiger partial charge in [-0.3, -0.25) is 0 Å². The second-order valence-electron chi connectivity index (χ2n) is 3.89. The molecule has 0 saturated heterocycles. The molecule has 3 heteroatoms. The van der Waals surface area contributed by atoms with Crippen LogP contribution >= 0.6 is 11.8 Å². The zero-order valence-electron chi connectivity index (χ0n) is 11.1. The van der Waals surface area contributed by atoms with E-state index >= 15 is 0 Å². The summed E-state index contributed by atoms with van der Waals surface area (Å²) in [5.74, 6) is 3.22. The first-order valence-corrected chi connectivity index (χ1v) is 7.39. The standard InChI is InChI=1S/C14H23NOS/c1-4-15(5-2)10-11-17-12-13-8-6-7-9-14(13)16-3/h6-9H,4-5,10-12H2,1-3H3. The number of methoxy groups -OCH3 is 1. The number of hydrogen-bond donors (Lipinski definition) is 0. The minimum absolute atomic E-state index is 1.00. The number of ether oxygens (including phenoxy) is 1. The van der Waals surface area contributed by atoms with Crippen LogP contribution in [-0.2, 0) is 5.75 Å². The second kappa shape index (κ2) is 8.43. The summed E-state index contributed by atoms with van der Waals surface area (Å²) in [4.78, 5) is 2.45. The Labute approximate surface area is 109 Å². The van der Waals surface area contributed by atoms with Crippen LogP contribution in [0.1, 0.15) is 19.4 Å². The lowest BCUT2D eigenvalue weighted by molar-refractivity contribution is 0.324. The van der Waals surface area contributed by atoms with E-state index in [1.54, 1.807) is 7.11 Å². The zero-order chi connectivity index (χ0) is 12.5. The van der Waals surface area contributed by atoms with E-state index in [9.17, 15) is 0 Å². The van der Waals surface area contributed by atoms with Gasteiger partial charge in [-0.25, -0.2) is 0 Å². The first-order chi connectivity index (χ1) is 8.31. The number of nitrogens with zero attached hydrogens (tertiary/aromatic N) is 1. The number of benzene rings is 1. The molecule has 0 unspecified atom stereocenters. The van der Waals surface area contributed by atoms with Crippen molar-refractivity contribution in [3.05, 3.63) is 29.8 Å². The maximum absolute atomic E-state index is 5.34. The van der Waals surface area contributed by atoms with Gasteiger partial charge in [0.15, 0.2) is 0 Å². The third-order valence-electron chi connectivity index (χ3n) is 2.90. The van der Waals surface area contributed by atoms with Gasteiger partial charge < -0.3 is 9.64 Å². The summed E-state index contributed by atoms with van der Waals surface area (Å²) in [5, 5.41) is 0. The molecule has 0 aliphatic carbocycles. The fourth-order valence-electron chi connectivity index (χ4n) is 1.74. The highest BCUT2D eigenvalue weighted by Gasteiger charge is 2.02. The molecule has 17 heavy (non-hydrogen) atoms. The minimum atomic E-state index is 1.00. The molecule has 0 atom stereocenters. The Morgan fingerprint density at radius 1 is 1.18 bits per heavy atom. The molecule has 0 amide bonds. The minimum Gasteiger partial charge on any atom is -0.496 e. The van der Waals surface area contributed by atoms with E-state index in [0.717, 1.165) is 24.6 Å². The van der Waals surface area contributed by atoms with Gasteiger partial charge >= 0.3 is 0 Å². The highest BCUT2D eigenvalue weighted by molar-refractivity contribution is 7.98. The molecule has 0 spiro atoms. The van der Waals surface area contributed by atoms with Crippen molar-refractivity contribution in [2.75, 3.05) is 32.5 Å². The van der Waals surface area contributed by atoms with Crippen LogP contribution in [0, 0.1) is 0 Å². The SMILES string of the molecule is CCN(CC)CCSCc1ccccc1OC. The summed E-state index contributed by atoms with van der Waals surface area (Å²) in [6.45, 7) is 7.90. The first-order valence-electron chi connectivity index (χ1n) is 6.23. The Morgan fingerprint density at radius 2 is 1.88 bits per heavy atom. The number of rotatable bonds is 8. The summed E-state index contributed by atoms with van der Waals surface area (Å²) in [5.41, 5.74) is 1.29. The lowest BCUT2D eigenvalue weighted by Crippen LogP contribution is -2.25. The molecule has 1 aromatic carbocycles. The van der Waals surface area contributed by atoms with E-state index in [1.807, 2.05) is 23.9 Å². The average molecular weight is 253 g/mol. The van der Waals surface area contributed by atoms with Gasteiger partial charge in [-0.15, -0.1) is 0 Å². The largest absolute Gasteiger partial charge is 0.496 e. The van der Waals surface area contributed by atoms with Crippen molar-refractivity contribution in [2.45, 2.75) is 19.6 Å². The van der Waals surface area contributed by atoms with E-state index in [1.165, 1.54) is 17.9 Å². The molecule has 0 radical (unpaired) electrons. The smallest absolute Gasteiger partial charge is 0.122 e. The molecule has 96 valence electrons. The van der Waals surface area contributed by atoms with Gasteiger partial charge in [-0.05, 0) is 19.2 Å². The molecule has 1 aromatic rings. The average Bonchev–Trinajstić information content (AvgIpc) is 2.39. The maximum Gasteiger partial charge on any atom is 0.122 e. The summed E-state index contributed by atoms with van der Waals surface area (Å²) < 4.78 is 5.34. The first kappa shape index (κ1) is 14.4. The molecular formula is C14H23NOS. The number of hydrogen-bond acceptors (Lipinski definition) is 3. The molecular weight excluding hydrogens is 230 g/mol. The zero-order valence-corrected chi connectivity index (χ0v) is 11.9. The van der Waals surface area contributed by atoms with E-state index in [2.05, 4.69) is 30.9 Å². The van der Waals surface area contributed by atoms with Crippen LogP contribution in [0.2, 0.25) is 0 Å². The van der Waals surface area contributed by atoms with Gasteiger partial charge in [0, 0.05) is 23.6 Å². The van der Waals surface area contributed by atoms with Crippen molar-refractivity contribution >= 4 is 11.8 Å². The maximum atomic E-state index is 5.34. The predicted octanol–water partition coefficient (Wildman–Crippen LogP) is 3.27. The van der Waals surface area contributed by atoms with Gasteiger partial charge in [-0.2, -0.15) is 11.8 Å². The Kier molecular flexibility index (Phi) is 7.13. The van der Waals surface area contributed by atoms with E-state index in [4.69, 9.17) is 4.74 Å². The Hall–Kier alpha value is -0.670. The van der Waals surface area contributed by atoms with Gasteiger partial charge in [0.1, 0.15) is 5.75 Å². The summed E-state index contributed by atoms with van der Waals surface area (Å²) in [7, 11) is 1.74. The number of para-hydroxylation sites is 1. The molecule has 0 aliphatic rings. The van der Waals surface area contributed by atoms with Crippen LogP contribution in [0.15, 0.2) is 24.3 Å². The van der Waals surface area contributed by atoms with Crippen LogP contribution in [0.3, 0.4) is 0 Å². The highest BCUT2D eigenvalue weighted by Crippen LogP contribution is 2.22. The van der Waals surface area contributed by atoms with Crippen molar-refractivity contribution in [1.29, 1.82) is 0 Å². The lowest BCUT2D eigenvalue weighted by Gasteiger charge is -2.17. The molecule has 0 aromatic heterocycles. The highest BCUT2D eigenvalue weighted by atomic mass is 32.2. The monoisotopic (exact) mass is 253 g/mol. The van der Waals surface area contributed by atoms with Crippen LogP contribution in [0.25, 0.3) is 0 Å². The summed E-state index contributed by atoms with van der Waals surface area (Å²) in [6.07, 6.45) is 0. The van der Waals surface area contributed by atoms with Gasteiger partial charge in [0.05, 0.1) is 7.11 Å². The molecule has 0 N–H and O–H groups in total. The van der Waals surface area contributed by atoms with Crippen LogP contribution in [-0.4, -0.2) is 37.4 Å². The van der Waals surface area contributed by atoms with Crippen molar-refractivity contribution in [1.82, 2.24) is 4.90 Å². The molecule has 0 heterocycles. The number of thioether (sulfide) groups is 1. The summed E-state index contributed by atoms with van der Waals surface area (Å²) in [6, 6.07) is 8.26. The quantitative estimate of drug-likeness (QED) is 0.660. The van der Waals surface area contributed by atoms with Crippen molar-refractivity contribution in [2.24, 2.45) is 0 Å². The Bertz CT molecular complexity index is 313. The molecule has 0 fully saturated rings. The van der Waals surface area contributed by atoms with Crippen molar-refractivity contribution in [3.8, 4) is 5.75 Å². The van der Waals surface area contributed by atoms with Gasteiger partial charge in [-0.1, -0.05) is 32.0 Å². The molecule has 0 aliphatic heterocycles. The van der Waals surface area contributed by atoms with Gasteiger partial charge in [0.25, 0.3) is 0 Å². The molecule has 2 nitrogen and oxygen atoms in total. The Balaban J connectivity index is 2.30. The molecule has 1 rings (SSSR count). The lowest BCUT2D eigenvalue weighted by atomic mass is 10.2.